The predicted molar refractivity (Wildman–Crippen MR) is 18.7 cm³/mol. The molecule has 0 saturated carbocycles. The van der Waals surface area contributed by atoms with Crippen LogP contribution >= 0.6 is 0 Å². The topological polar surface area (TPSA) is 0 Å². The molecule has 38 valence electrons. The van der Waals surface area contributed by atoms with Crippen LogP contribution in [0.25, 0.3) is 0 Å². The minimum atomic E-state index is -4.82. The summed E-state index contributed by atoms with van der Waals surface area (Å²) in [6, 6.07) is 0. The Kier molecular flexibility index (Phi) is 2.83. The molecule has 0 rings (SSSR count). The zero-order chi connectivity index (χ0) is 5.15. The Hall–Kier alpha value is 0.480. The Balaban J connectivity index is 2.99. The summed E-state index contributed by atoms with van der Waals surface area (Å²) in [5.41, 5.74) is 0. The molecule has 0 heterocycles. The van der Waals surface area contributed by atoms with Crippen molar-refractivity contribution in [2.75, 3.05) is 0 Å². The molecule has 0 saturated heterocycles. The van der Waals surface area contributed by atoms with E-state index in [4.69, 9.17) is 0 Å². The summed E-state index contributed by atoms with van der Waals surface area (Å²) >= 11 is -4.82. The predicted octanol–water partition coefficient (Wildman–Crippen LogP) is 0.384. The SMILES string of the molecule is F[SiH](F)[GeH]([F])[F]. The van der Waals surface area contributed by atoms with Crippen molar-refractivity contribution in [3.63, 3.8) is 0 Å². The average Bonchev–Trinajstić information content (AvgIpc) is 1.36. The molecule has 0 aromatic rings. The van der Waals surface area contributed by atoms with E-state index in [2.05, 4.69) is 0 Å². The summed E-state index contributed by atoms with van der Waals surface area (Å²) in [5.74, 6) is 0. The first-order valence-corrected chi connectivity index (χ1v) is 8.77. The Morgan fingerprint density at radius 2 is 1.33 bits per heavy atom. The fraction of sp³-hybridized carbons (Fsp3) is 0. The van der Waals surface area contributed by atoms with Crippen molar-refractivity contribution >= 4 is 22.6 Å². The van der Waals surface area contributed by atoms with Crippen LogP contribution in [-0.2, 0) is 0 Å². The van der Waals surface area contributed by atoms with Crippen molar-refractivity contribution in [1.29, 1.82) is 0 Å². The molecule has 6 heteroatoms. The molecule has 0 N–H and O–H groups in total. The van der Waals surface area contributed by atoms with E-state index in [1.165, 1.54) is 0 Å². The third-order valence-corrected chi connectivity index (χ3v) is 2.97. The van der Waals surface area contributed by atoms with Crippen LogP contribution in [0.5, 0.6) is 0 Å². The number of rotatable bonds is 1. The van der Waals surface area contributed by atoms with Crippen LogP contribution in [0.2, 0.25) is 0 Å². The molecule has 0 nitrogen and oxygen atoms in total. The summed E-state index contributed by atoms with van der Waals surface area (Å²) in [6.07, 6.45) is 0. The zero-order valence-corrected chi connectivity index (χ0v) is 6.24. The maximum atomic E-state index is 10.7. The van der Waals surface area contributed by atoms with Crippen LogP contribution in [0.15, 0.2) is 0 Å². The van der Waals surface area contributed by atoms with E-state index in [1.807, 2.05) is 0 Å². The molecule has 0 unspecified atom stereocenters. The van der Waals surface area contributed by atoms with Crippen molar-refractivity contribution in [1.82, 2.24) is 0 Å². The molecule has 0 fully saturated rings. The molecule has 0 bridgehead atoms. The molecule has 0 aliphatic heterocycles. The van der Waals surface area contributed by atoms with Gasteiger partial charge >= 0.3 is 37.8 Å². The Labute approximate surface area is 38.6 Å². The Morgan fingerprint density at radius 1 is 1.17 bits per heavy atom. The fourth-order valence-electron chi connectivity index (χ4n) is 0. The zero-order valence-electron chi connectivity index (χ0n) is 2.67. The van der Waals surface area contributed by atoms with E-state index in [-0.39, 0.29) is 0 Å². The molecule has 0 amide bonds. The van der Waals surface area contributed by atoms with Crippen LogP contribution in [-0.4, -0.2) is 22.6 Å². The van der Waals surface area contributed by atoms with Crippen molar-refractivity contribution in [2.24, 2.45) is 0 Å². The van der Waals surface area contributed by atoms with Gasteiger partial charge in [0.1, 0.15) is 0 Å². The summed E-state index contributed by atoms with van der Waals surface area (Å²) in [7, 11) is -4.39. The fourth-order valence-corrected chi connectivity index (χ4v) is 0. The molecular weight excluding hydrogens is 177 g/mol. The van der Waals surface area contributed by atoms with Crippen molar-refractivity contribution in [2.45, 2.75) is 0 Å². The molecule has 0 atom stereocenters. The normalized spacial score (nSPS) is 11.0. The van der Waals surface area contributed by atoms with E-state index < -0.39 is 22.6 Å². The molecule has 0 aromatic heterocycles. The van der Waals surface area contributed by atoms with Gasteiger partial charge in [0.25, 0.3) is 0 Å². The maximum absolute atomic E-state index is 10.7. The van der Waals surface area contributed by atoms with E-state index in [0.717, 1.165) is 0 Å². The first-order valence-electron chi connectivity index (χ1n) is 1.21. The van der Waals surface area contributed by atoms with Gasteiger partial charge in [-0.3, -0.25) is 0 Å². The van der Waals surface area contributed by atoms with Crippen LogP contribution in [0.1, 0.15) is 0 Å². The van der Waals surface area contributed by atoms with Gasteiger partial charge in [-0.1, -0.05) is 0 Å². The summed E-state index contributed by atoms with van der Waals surface area (Å²) in [4.78, 5) is 0. The molecule has 0 spiro atoms. The average molecular weight is 179 g/mol. The Bertz CT molecular complexity index is 28.5. The minimum absolute atomic E-state index is 4.39. The van der Waals surface area contributed by atoms with E-state index in [0.29, 0.717) is 0 Å². The summed E-state index contributed by atoms with van der Waals surface area (Å²) < 4.78 is 42.6. The van der Waals surface area contributed by atoms with E-state index >= 15 is 0 Å². The third-order valence-electron chi connectivity index (χ3n) is 0.190. The number of hydrogen-bond acceptors (Lipinski definition) is 0. The molecule has 0 aliphatic rings. The molecule has 0 aromatic carbocycles. The number of hydrogen-bond donors (Lipinski definition) is 0. The monoisotopic (exact) mass is 180 g/mol. The molecular formula is H2F4GeSi. The van der Waals surface area contributed by atoms with Gasteiger partial charge in [0.15, 0.2) is 0 Å². The first kappa shape index (κ1) is 6.48. The summed E-state index contributed by atoms with van der Waals surface area (Å²) in [5, 5.41) is 0. The second-order valence-electron chi connectivity index (χ2n) is 0.669. The van der Waals surface area contributed by atoms with Gasteiger partial charge in [0, 0.05) is 0 Å². The van der Waals surface area contributed by atoms with Crippen molar-refractivity contribution < 1.29 is 15.2 Å². The van der Waals surface area contributed by atoms with Gasteiger partial charge in [0.05, 0.1) is 0 Å². The van der Waals surface area contributed by atoms with Gasteiger partial charge < -0.3 is 0 Å². The third kappa shape index (κ3) is 2.70. The van der Waals surface area contributed by atoms with Crippen LogP contribution in [0.4, 0.5) is 15.2 Å². The van der Waals surface area contributed by atoms with Crippen molar-refractivity contribution in [3.05, 3.63) is 0 Å². The van der Waals surface area contributed by atoms with Crippen LogP contribution in [0, 0.1) is 0 Å². The van der Waals surface area contributed by atoms with Gasteiger partial charge in [-0.05, 0) is 0 Å². The van der Waals surface area contributed by atoms with E-state index in [9.17, 15) is 15.2 Å². The molecule has 0 aliphatic carbocycles. The molecule has 0 radical (unpaired) electrons. The van der Waals surface area contributed by atoms with Gasteiger partial charge in [-0.25, -0.2) is 0 Å². The Morgan fingerprint density at radius 3 is 1.33 bits per heavy atom. The van der Waals surface area contributed by atoms with Gasteiger partial charge in [-0.2, -0.15) is 0 Å². The summed E-state index contributed by atoms with van der Waals surface area (Å²) in [6.45, 7) is 0. The van der Waals surface area contributed by atoms with Crippen LogP contribution in [0.3, 0.4) is 0 Å². The second kappa shape index (κ2) is 2.62. The van der Waals surface area contributed by atoms with E-state index in [1.54, 1.807) is 0 Å². The van der Waals surface area contributed by atoms with Gasteiger partial charge in [0.2, 0.25) is 0 Å². The standard InChI is InChI=1S/F4GeH2Si/c1-5(2)6(3)4/h5-6H. The first-order chi connectivity index (χ1) is 2.64. The second-order valence-corrected chi connectivity index (χ2v) is 8.53. The van der Waals surface area contributed by atoms with Gasteiger partial charge in [-0.15, -0.1) is 0 Å². The quantitative estimate of drug-likeness (QED) is 0.310. The number of halogens is 4. The van der Waals surface area contributed by atoms with Crippen molar-refractivity contribution in [3.8, 4) is 0 Å². The molecule has 6 heavy (non-hydrogen) atoms. The van der Waals surface area contributed by atoms with Crippen LogP contribution < -0.4 is 0 Å².